The van der Waals surface area contributed by atoms with Gasteiger partial charge in [0.25, 0.3) is 0 Å². The van der Waals surface area contributed by atoms with E-state index in [1.165, 1.54) is 12.8 Å². The summed E-state index contributed by atoms with van der Waals surface area (Å²) in [6, 6.07) is 1.31. The Labute approximate surface area is 110 Å². The van der Waals surface area contributed by atoms with Crippen LogP contribution in [0.4, 0.5) is 0 Å². The fourth-order valence-electron chi connectivity index (χ4n) is 2.30. The highest BCUT2D eigenvalue weighted by Crippen LogP contribution is 2.18. The van der Waals surface area contributed by atoms with Gasteiger partial charge in [0.1, 0.15) is 0 Å². The van der Waals surface area contributed by atoms with E-state index in [4.69, 9.17) is 0 Å². The van der Waals surface area contributed by atoms with Crippen molar-refractivity contribution in [2.75, 3.05) is 0 Å². The summed E-state index contributed by atoms with van der Waals surface area (Å²) in [6.45, 7) is 18.7. The van der Waals surface area contributed by atoms with E-state index in [0.29, 0.717) is 12.1 Å². The van der Waals surface area contributed by atoms with Crippen LogP contribution in [0, 0.1) is 23.7 Å². The van der Waals surface area contributed by atoms with Crippen molar-refractivity contribution in [2.45, 2.75) is 80.3 Å². The van der Waals surface area contributed by atoms with Crippen molar-refractivity contribution >= 4 is 0 Å². The molecule has 0 aliphatic rings. The maximum atomic E-state index is 3.83. The third-order valence-corrected chi connectivity index (χ3v) is 3.89. The molecule has 17 heavy (non-hydrogen) atoms. The van der Waals surface area contributed by atoms with Crippen molar-refractivity contribution in [3.05, 3.63) is 0 Å². The van der Waals surface area contributed by atoms with Crippen LogP contribution in [0.1, 0.15) is 68.2 Å². The molecule has 0 aromatic rings. The zero-order chi connectivity index (χ0) is 13.6. The van der Waals surface area contributed by atoms with Crippen molar-refractivity contribution in [1.29, 1.82) is 0 Å². The first-order valence-corrected chi connectivity index (χ1v) is 7.50. The average Bonchev–Trinajstić information content (AvgIpc) is 2.15. The topological polar surface area (TPSA) is 12.0 Å². The van der Waals surface area contributed by atoms with Gasteiger partial charge in [-0.3, -0.25) is 0 Å². The number of hydrogen-bond donors (Lipinski definition) is 1. The molecule has 0 saturated heterocycles. The van der Waals surface area contributed by atoms with E-state index >= 15 is 0 Å². The van der Waals surface area contributed by atoms with Crippen molar-refractivity contribution < 1.29 is 0 Å². The Morgan fingerprint density at radius 3 is 1.59 bits per heavy atom. The third-order valence-electron chi connectivity index (χ3n) is 3.89. The van der Waals surface area contributed by atoms with Crippen LogP contribution >= 0.6 is 0 Å². The number of nitrogens with one attached hydrogen (secondary N) is 1. The lowest BCUT2D eigenvalue weighted by molar-refractivity contribution is 0.273. The normalized spacial score (nSPS) is 17.8. The quantitative estimate of drug-likeness (QED) is 0.648. The maximum Gasteiger partial charge on any atom is 0.00949 e. The van der Waals surface area contributed by atoms with E-state index in [-0.39, 0.29) is 0 Å². The largest absolute Gasteiger partial charge is 0.311 e. The fourth-order valence-corrected chi connectivity index (χ4v) is 2.30. The van der Waals surface area contributed by atoms with Crippen molar-refractivity contribution in [1.82, 2.24) is 5.32 Å². The molecule has 0 rings (SSSR count). The summed E-state index contributed by atoms with van der Waals surface area (Å²) in [5.41, 5.74) is 0. The van der Waals surface area contributed by atoms with Gasteiger partial charge in [-0.05, 0) is 43.4 Å². The molecule has 0 radical (unpaired) electrons. The van der Waals surface area contributed by atoms with Crippen LogP contribution in [0.25, 0.3) is 0 Å². The van der Waals surface area contributed by atoms with Crippen LogP contribution in [0.2, 0.25) is 0 Å². The molecule has 0 aromatic heterocycles. The summed E-state index contributed by atoms with van der Waals surface area (Å²) >= 11 is 0. The molecule has 1 heteroatoms. The second-order valence-corrected chi connectivity index (χ2v) is 7.00. The van der Waals surface area contributed by atoms with Crippen LogP contribution < -0.4 is 5.32 Å². The second-order valence-electron chi connectivity index (χ2n) is 7.00. The Morgan fingerprint density at radius 1 is 0.706 bits per heavy atom. The molecule has 104 valence electrons. The maximum absolute atomic E-state index is 3.83. The molecule has 0 saturated carbocycles. The highest BCUT2D eigenvalue weighted by molar-refractivity contribution is 4.77. The first kappa shape index (κ1) is 17.0. The smallest absolute Gasteiger partial charge is 0.00949 e. The van der Waals surface area contributed by atoms with Gasteiger partial charge in [0, 0.05) is 12.1 Å². The van der Waals surface area contributed by atoms with Crippen LogP contribution in [-0.2, 0) is 0 Å². The summed E-state index contributed by atoms with van der Waals surface area (Å²) in [6.07, 6.45) is 2.58. The Balaban J connectivity index is 4.16. The summed E-state index contributed by atoms with van der Waals surface area (Å²) in [7, 11) is 0. The summed E-state index contributed by atoms with van der Waals surface area (Å²) in [5.74, 6) is 3.12. The molecule has 0 aromatic carbocycles. The first-order chi connectivity index (χ1) is 7.73. The highest BCUT2D eigenvalue weighted by atomic mass is 14.9. The molecule has 0 aliphatic heterocycles. The van der Waals surface area contributed by atoms with E-state index in [9.17, 15) is 0 Å². The van der Waals surface area contributed by atoms with E-state index in [0.717, 1.165) is 23.7 Å². The molecule has 0 heterocycles. The Bertz CT molecular complexity index is 184. The minimum Gasteiger partial charge on any atom is -0.311 e. The SMILES string of the molecule is CC(C)CC(NC(C)CC(C)C(C)C)C(C)C. The minimum atomic E-state index is 0.638. The minimum absolute atomic E-state index is 0.638. The van der Waals surface area contributed by atoms with Gasteiger partial charge in [0.15, 0.2) is 0 Å². The van der Waals surface area contributed by atoms with Gasteiger partial charge in [0.2, 0.25) is 0 Å². The van der Waals surface area contributed by atoms with Gasteiger partial charge in [-0.25, -0.2) is 0 Å². The third kappa shape index (κ3) is 7.81. The molecule has 1 N–H and O–H groups in total. The van der Waals surface area contributed by atoms with Gasteiger partial charge in [-0.1, -0.05) is 48.5 Å². The summed E-state index contributed by atoms with van der Waals surface area (Å²) in [5, 5.41) is 3.83. The molecule has 0 spiro atoms. The van der Waals surface area contributed by atoms with Crippen LogP contribution in [0.3, 0.4) is 0 Å². The second kappa shape index (κ2) is 8.13. The zero-order valence-corrected chi connectivity index (χ0v) is 13.4. The van der Waals surface area contributed by atoms with Gasteiger partial charge in [-0.2, -0.15) is 0 Å². The predicted octanol–water partition coefficient (Wildman–Crippen LogP) is 4.72. The lowest BCUT2D eigenvalue weighted by Gasteiger charge is -2.30. The zero-order valence-electron chi connectivity index (χ0n) is 13.4. The Hall–Kier alpha value is -0.0400. The molecule has 0 bridgehead atoms. The van der Waals surface area contributed by atoms with Crippen LogP contribution in [0.5, 0.6) is 0 Å². The lowest BCUT2D eigenvalue weighted by atomic mass is 9.89. The number of hydrogen-bond acceptors (Lipinski definition) is 1. The predicted molar refractivity (Wildman–Crippen MR) is 79.3 cm³/mol. The molecule has 0 aliphatic carbocycles. The fraction of sp³-hybridized carbons (Fsp3) is 1.00. The standard InChI is InChI=1S/C16H35N/c1-11(2)9-16(13(5)6)17-15(8)10-14(7)12(3)4/h11-17H,9-10H2,1-8H3. The first-order valence-electron chi connectivity index (χ1n) is 7.50. The highest BCUT2D eigenvalue weighted by Gasteiger charge is 2.19. The molecule has 0 fully saturated rings. The van der Waals surface area contributed by atoms with E-state index in [1.54, 1.807) is 0 Å². The van der Waals surface area contributed by atoms with Gasteiger partial charge < -0.3 is 5.32 Å². The van der Waals surface area contributed by atoms with E-state index < -0.39 is 0 Å². The van der Waals surface area contributed by atoms with E-state index in [1.807, 2.05) is 0 Å². The monoisotopic (exact) mass is 241 g/mol. The van der Waals surface area contributed by atoms with Gasteiger partial charge in [0.05, 0.1) is 0 Å². The lowest BCUT2D eigenvalue weighted by Crippen LogP contribution is -2.41. The van der Waals surface area contributed by atoms with Crippen molar-refractivity contribution in [2.24, 2.45) is 23.7 Å². The molecular formula is C16H35N. The van der Waals surface area contributed by atoms with Gasteiger partial charge in [-0.15, -0.1) is 0 Å². The molecule has 3 unspecified atom stereocenters. The Morgan fingerprint density at radius 2 is 1.24 bits per heavy atom. The average molecular weight is 241 g/mol. The van der Waals surface area contributed by atoms with Crippen LogP contribution in [0.15, 0.2) is 0 Å². The number of rotatable bonds is 8. The summed E-state index contributed by atoms with van der Waals surface area (Å²) < 4.78 is 0. The van der Waals surface area contributed by atoms with E-state index in [2.05, 4.69) is 60.7 Å². The Kier molecular flexibility index (Phi) is 8.11. The summed E-state index contributed by atoms with van der Waals surface area (Å²) in [4.78, 5) is 0. The van der Waals surface area contributed by atoms with Crippen molar-refractivity contribution in [3.8, 4) is 0 Å². The molecular weight excluding hydrogens is 206 g/mol. The van der Waals surface area contributed by atoms with Crippen molar-refractivity contribution in [3.63, 3.8) is 0 Å². The molecule has 1 nitrogen and oxygen atoms in total. The molecule has 0 amide bonds. The van der Waals surface area contributed by atoms with Crippen LogP contribution in [-0.4, -0.2) is 12.1 Å². The van der Waals surface area contributed by atoms with Gasteiger partial charge >= 0.3 is 0 Å². The molecule has 3 atom stereocenters.